The number of ether oxygens (including phenoxy) is 2. The fourth-order valence-corrected chi connectivity index (χ4v) is 2.76. The average molecular weight is 351 g/mol. The molecule has 0 spiro atoms. The molecule has 0 saturated heterocycles. The van der Waals surface area contributed by atoms with E-state index in [2.05, 4.69) is 20.8 Å². The van der Waals surface area contributed by atoms with Crippen molar-refractivity contribution >= 4 is 5.91 Å². The summed E-state index contributed by atoms with van der Waals surface area (Å²) in [5.74, 6) is 1.26. The van der Waals surface area contributed by atoms with Crippen molar-refractivity contribution in [3.05, 3.63) is 59.9 Å². The van der Waals surface area contributed by atoms with Crippen LogP contribution in [0, 0.1) is 0 Å². The number of hydrogen-bond donors (Lipinski definition) is 1. The standard InChI is InChI=1S/C18H17N5O3/c1-12(13-5-6-16-17(10-13)26-8-7-25-16)20-18(24)14-3-2-4-15(9-14)23-11-19-21-22-23/h2-6,9-12H,7-8H2,1H3,(H,20,24). The molecule has 8 heteroatoms. The Labute approximate surface area is 149 Å². The van der Waals surface area contributed by atoms with Gasteiger partial charge in [0.15, 0.2) is 11.5 Å². The van der Waals surface area contributed by atoms with E-state index in [1.54, 1.807) is 18.2 Å². The summed E-state index contributed by atoms with van der Waals surface area (Å²) >= 11 is 0. The number of fused-ring (bicyclic) bond motifs is 1. The Bertz CT molecular complexity index is 926. The number of amides is 1. The van der Waals surface area contributed by atoms with Gasteiger partial charge in [-0.3, -0.25) is 4.79 Å². The Hall–Kier alpha value is -3.42. The summed E-state index contributed by atoms with van der Waals surface area (Å²) in [5, 5.41) is 14.0. The second-order valence-electron chi connectivity index (χ2n) is 5.90. The van der Waals surface area contributed by atoms with E-state index in [4.69, 9.17) is 9.47 Å². The quantitative estimate of drug-likeness (QED) is 0.772. The molecule has 4 rings (SSSR count). The molecule has 0 fully saturated rings. The molecule has 3 aromatic rings. The van der Waals surface area contributed by atoms with Gasteiger partial charge in [-0.05, 0) is 53.2 Å². The lowest BCUT2D eigenvalue weighted by Gasteiger charge is -2.21. The molecule has 1 N–H and O–H groups in total. The van der Waals surface area contributed by atoms with E-state index in [1.165, 1.54) is 11.0 Å². The molecule has 1 aliphatic rings. The van der Waals surface area contributed by atoms with Crippen molar-refractivity contribution in [3.63, 3.8) is 0 Å². The molecule has 0 bridgehead atoms. The van der Waals surface area contributed by atoms with Crippen molar-refractivity contribution < 1.29 is 14.3 Å². The molecule has 0 aliphatic carbocycles. The maximum Gasteiger partial charge on any atom is 0.251 e. The molecule has 8 nitrogen and oxygen atoms in total. The second-order valence-corrected chi connectivity index (χ2v) is 5.90. The van der Waals surface area contributed by atoms with Gasteiger partial charge in [-0.15, -0.1) is 5.10 Å². The molecule has 1 unspecified atom stereocenters. The lowest BCUT2D eigenvalue weighted by molar-refractivity contribution is 0.0939. The van der Waals surface area contributed by atoms with E-state index in [0.717, 1.165) is 17.0 Å². The summed E-state index contributed by atoms with van der Waals surface area (Å²) in [6.07, 6.45) is 1.48. The molecule has 0 saturated carbocycles. The third kappa shape index (κ3) is 3.21. The number of tetrazole rings is 1. The lowest BCUT2D eigenvalue weighted by Crippen LogP contribution is -2.27. The van der Waals surface area contributed by atoms with Gasteiger partial charge in [0, 0.05) is 5.56 Å². The van der Waals surface area contributed by atoms with E-state index in [1.807, 2.05) is 31.2 Å². The Morgan fingerprint density at radius 3 is 2.81 bits per heavy atom. The molecular weight excluding hydrogens is 334 g/mol. The molecule has 2 heterocycles. The molecule has 26 heavy (non-hydrogen) atoms. The number of aromatic nitrogens is 4. The average Bonchev–Trinajstić information content (AvgIpc) is 3.22. The van der Waals surface area contributed by atoms with Gasteiger partial charge >= 0.3 is 0 Å². The summed E-state index contributed by atoms with van der Waals surface area (Å²) in [5.41, 5.74) is 2.19. The summed E-state index contributed by atoms with van der Waals surface area (Å²) in [4.78, 5) is 12.6. The van der Waals surface area contributed by atoms with Gasteiger partial charge < -0.3 is 14.8 Å². The number of hydrogen-bond acceptors (Lipinski definition) is 6. The van der Waals surface area contributed by atoms with Crippen molar-refractivity contribution in [1.82, 2.24) is 25.5 Å². The molecular formula is C18H17N5O3. The molecule has 1 aliphatic heterocycles. The van der Waals surface area contributed by atoms with Crippen LogP contribution in [0.3, 0.4) is 0 Å². The van der Waals surface area contributed by atoms with Gasteiger partial charge in [0.1, 0.15) is 19.5 Å². The summed E-state index contributed by atoms with van der Waals surface area (Å²) in [6.45, 7) is 3.01. The van der Waals surface area contributed by atoms with Gasteiger partial charge in [0.2, 0.25) is 0 Å². The van der Waals surface area contributed by atoms with Crippen LogP contribution in [0.25, 0.3) is 5.69 Å². The van der Waals surface area contributed by atoms with Crippen LogP contribution in [0.5, 0.6) is 11.5 Å². The van der Waals surface area contributed by atoms with E-state index in [9.17, 15) is 4.79 Å². The molecule has 0 radical (unpaired) electrons. The van der Waals surface area contributed by atoms with Gasteiger partial charge in [-0.1, -0.05) is 12.1 Å². The summed E-state index contributed by atoms with van der Waals surface area (Å²) in [6, 6.07) is 12.6. The number of benzene rings is 2. The van der Waals surface area contributed by atoms with Crippen LogP contribution in [0.4, 0.5) is 0 Å². The van der Waals surface area contributed by atoms with Gasteiger partial charge in [0.25, 0.3) is 5.91 Å². The first-order valence-electron chi connectivity index (χ1n) is 8.24. The van der Waals surface area contributed by atoms with Crippen LogP contribution >= 0.6 is 0 Å². The Morgan fingerprint density at radius 2 is 2.00 bits per heavy atom. The van der Waals surface area contributed by atoms with Crippen LogP contribution in [0.2, 0.25) is 0 Å². The predicted molar refractivity (Wildman–Crippen MR) is 92.5 cm³/mol. The van der Waals surface area contributed by atoms with E-state index in [-0.39, 0.29) is 11.9 Å². The normalized spacial score (nSPS) is 13.9. The zero-order valence-corrected chi connectivity index (χ0v) is 14.1. The first-order valence-corrected chi connectivity index (χ1v) is 8.24. The largest absolute Gasteiger partial charge is 0.486 e. The number of nitrogens with zero attached hydrogens (tertiary/aromatic N) is 4. The highest BCUT2D eigenvalue weighted by atomic mass is 16.6. The third-order valence-electron chi connectivity index (χ3n) is 4.14. The molecule has 1 atom stereocenters. The predicted octanol–water partition coefficient (Wildman–Crippen LogP) is 1.92. The highest BCUT2D eigenvalue weighted by Crippen LogP contribution is 2.32. The van der Waals surface area contributed by atoms with E-state index < -0.39 is 0 Å². The van der Waals surface area contributed by atoms with Crippen LogP contribution in [-0.4, -0.2) is 39.3 Å². The Balaban J connectivity index is 1.50. The van der Waals surface area contributed by atoms with Crippen LogP contribution in [0.15, 0.2) is 48.8 Å². The van der Waals surface area contributed by atoms with Crippen molar-refractivity contribution in [1.29, 1.82) is 0 Å². The number of nitrogens with one attached hydrogen (secondary N) is 1. The zero-order valence-electron chi connectivity index (χ0n) is 14.1. The van der Waals surface area contributed by atoms with Crippen molar-refractivity contribution in [2.45, 2.75) is 13.0 Å². The molecule has 2 aromatic carbocycles. The molecule has 1 aromatic heterocycles. The highest BCUT2D eigenvalue weighted by molar-refractivity contribution is 5.95. The number of rotatable bonds is 4. The first kappa shape index (κ1) is 16.1. The summed E-state index contributed by atoms with van der Waals surface area (Å²) < 4.78 is 12.6. The Morgan fingerprint density at radius 1 is 1.15 bits per heavy atom. The first-order chi connectivity index (χ1) is 12.7. The topological polar surface area (TPSA) is 91.2 Å². The van der Waals surface area contributed by atoms with Gasteiger partial charge in [-0.25, -0.2) is 4.68 Å². The van der Waals surface area contributed by atoms with E-state index in [0.29, 0.717) is 24.5 Å². The fourth-order valence-electron chi connectivity index (χ4n) is 2.76. The van der Waals surface area contributed by atoms with E-state index >= 15 is 0 Å². The fraction of sp³-hybridized carbons (Fsp3) is 0.222. The van der Waals surface area contributed by atoms with Gasteiger partial charge in [0.05, 0.1) is 11.7 Å². The SMILES string of the molecule is CC(NC(=O)c1cccc(-n2cnnn2)c1)c1ccc2c(c1)OCCO2. The molecule has 132 valence electrons. The van der Waals surface area contributed by atoms with Crippen LogP contribution < -0.4 is 14.8 Å². The van der Waals surface area contributed by atoms with Crippen molar-refractivity contribution in [3.8, 4) is 17.2 Å². The van der Waals surface area contributed by atoms with Crippen LogP contribution in [-0.2, 0) is 0 Å². The summed E-state index contributed by atoms with van der Waals surface area (Å²) in [7, 11) is 0. The minimum atomic E-state index is -0.185. The third-order valence-corrected chi connectivity index (χ3v) is 4.14. The van der Waals surface area contributed by atoms with Crippen LogP contribution in [0.1, 0.15) is 28.9 Å². The maximum atomic E-state index is 12.6. The van der Waals surface area contributed by atoms with Crippen molar-refractivity contribution in [2.24, 2.45) is 0 Å². The van der Waals surface area contributed by atoms with Gasteiger partial charge in [-0.2, -0.15) is 0 Å². The zero-order chi connectivity index (χ0) is 17.9. The minimum Gasteiger partial charge on any atom is -0.486 e. The Kier molecular flexibility index (Phi) is 4.22. The minimum absolute atomic E-state index is 0.178. The maximum absolute atomic E-state index is 12.6. The van der Waals surface area contributed by atoms with Crippen molar-refractivity contribution in [2.75, 3.05) is 13.2 Å². The number of carbonyl (C=O) groups excluding carboxylic acids is 1. The second kappa shape index (κ2) is 6.83. The molecule has 1 amide bonds. The number of carbonyl (C=O) groups is 1. The lowest BCUT2D eigenvalue weighted by atomic mass is 10.1. The highest BCUT2D eigenvalue weighted by Gasteiger charge is 2.16. The smallest absolute Gasteiger partial charge is 0.251 e. The monoisotopic (exact) mass is 351 g/mol.